The van der Waals surface area contributed by atoms with Crippen LogP contribution in [0.2, 0.25) is 0 Å². The van der Waals surface area contributed by atoms with Crippen molar-refractivity contribution in [3.8, 4) is 0 Å². The molecule has 4 nitrogen and oxygen atoms in total. The summed E-state index contributed by atoms with van der Waals surface area (Å²) in [6.45, 7) is 0.487. The molecule has 0 spiro atoms. The van der Waals surface area contributed by atoms with E-state index in [4.69, 9.17) is 0 Å². The van der Waals surface area contributed by atoms with Gasteiger partial charge in [-0.2, -0.15) is 0 Å². The van der Waals surface area contributed by atoms with Crippen molar-refractivity contribution in [3.05, 3.63) is 68.5 Å². The number of para-hydroxylation sites is 1. The Labute approximate surface area is 123 Å². The summed E-state index contributed by atoms with van der Waals surface area (Å²) >= 11 is 2.00. The highest BCUT2D eigenvalue weighted by Gasteiger charge is 2.03. The minimum absolute atomic E-state index is 0.0243. The molecule has 0 N–H and O–H groups in total. The van der Waals surface area contributed by atoms with Crippen LogP contribution in [0, 0.1) is 3.57 Å². The molecule has 0 bridgehead atoms. The normalized spacial score (nSPS) is 10.8. The van der Waals surface area contributed by atoms with Gasteiger partial charge < -0.3 is 0 Å². The van der Waals surface area contributed by atoms with E-state index in [-0.39, 0.29) is 5.56 Å². The number of hydrogen-bond acceptors (Lipinski definition) is 3. The SMILES string of the molecule is O=c1c(I)cncn1Cc1cnc2ccccc2c1. The first-order valence-electron chi connectivity index (χ1n) is 5.77. The smallest absolute Gasteiger partial charge is 0.267 e. The zero-order valence-electron chi connectivity index (χ0n) is 9.95. The molecule has 0 unspecified atom stereocenters. The van der Waals surface area contributed by atoms with E-state index in [0.717, 1.165) is 16.5 Å². The largest absolute Gasteiger partial charge is 0.294 e. The first-order valence-corrected chi connectivity index (χ1v) is 6.85. The zero-order valence-corrected chi connectivity index (χ0v) is 12.1. The standard InChI is InChI=1S/C14H10IN3O/c15-12-7-16-9-18(14(12)19)8-10-5-11-3-1-2-4-13(11)17-6-10/h1-7,9H,8H2. The summed E-state index contributed by atoms with van der Waals surface area (Å²) in [5, 5.41) is 1.08. The Kier molecular flexibility index (Phi) is 3.29. The van der Waals surface area contributed by atoms with Crippen LogP contribution in [-0.4, -0.2) is 14.5 Å². The van der Waals surface area contributed by atoms with Crippen LogP contribution in [0.5, 0.6) is 0 Å². The van der Waals surface area contributed by atoms with Crippen molar-refractivity contribution in [1.29, 1.82) is 0 Å². The molecule has 2 aromatic heterocycles. The van der Waals surface area contributed by atoms with Gasteiger partial charge in [-0.15, -0.1) is 0 Å². The number of nitrogens with zero attached hydrogens (tertiary/aromatic N) is 3. The molecule has 3 aromatic rings. The van der Waals surface area contributed by atoms with Gasteiger partial charge in [0.05, 0.1) is 22.0 Å². The fourth-order valence-corrected chi connectivity index (χ4v) is 2.41. The number of pyridine rings is 1. The van der Waals surface area contributed by atoms with E-state index < -0.39 is 0 Å². The van der Waals surface area contributed by atoms with Gasteiger partial charge in [-0.1, -0.05) is 18.2 Å². The molecule has 0 saturated carbocycles. The van der Waals surface area contributed by atoms with Crippen LogP contribution in [0.3, 0.4) is 0 Å². The van der Waals surface area contributed by atoms with E-state index in [0.29, 0.717) is 10.1 Å². The highest BCUT2D eigenvalue weighted by molar-refractivity contribution is 14.1. The Hall–Kier alpha value is -1.76. The summed E-state index contributed by atoms with van der Waals surface area (Å²) in [6.07, 6.45) is 4.92. The van der Waals surface area contributed by atoms with Crippen LogP contribution in [0.4, 0.5) is 0 Å². The predicted molar refractivity (Wildman–Crippen MR) is 82.1 cm³/mol. The Balaban J connectivity index is 2.01. The third-order valence-corrected chi connectivity index (χ3v) is 3.60. The lowest BCUT2D eigenvalue weighted by molar-refractivity contribution is 0.729. The first kappa shape index (κ1) is 12.3. The maximum atomic E-state index is 11.9. The van der Waals surface area contributed by atoms with Crippen molar-refractivity contribution in [3.63, 3.8) is 0 Å². The lowest BCUT2D eigenvalue weighted by Gasteiger charge is -2.06. The second-order valence-electron chi connectivity index (χ2n) is 4.21. The molecule has 0 atom stereocenters. The molecule has 0 aliphatic carbocycles. The summed E-state index contributed by atoms with van der Waals surface area (Å²) < 4.78 is 2.21. The van der Waals surface area contributed by atoms with Crippen LogP contribution in [0.15, 0.2) is 53.8 Å². The Morgan fingerprint density at radius 1 is 1.21 bits per heavy atom. The lowest BCUT2D eigenvalue weighted by Crippen LogP contribution is -2.22. The van der Waals surface area contributed by atoms with Crippen LogP contribution in [0.25, 0.3) is 10.9 Å². The zero-order chi connectivity index (χ0) is 13.2. The van der Waals surface area contributed by atoms with Gasteiger partial charge in [-0.3, -0.25) is 14.3 Å². The van der Waals surface area contributed by atoms with E-state index >= 15 is 0 Å². The number of halogens is 1. The molecule has 19 heavy (non-hydrogen) atoms. The molecule has 0 aliphatic heterocycles. The highest BCUT2D eigenvalue weighted by atomic mass is 127. The quantitative estimate of drug-likeness (QED) is 0.658. The van der Waals surface area contributed by atoms with Crippen molar-refractivity contribution in [2.75, 3.05) is 0 Å². The highest BCUT2D eigenvalue weighted by Crippen LogP contribution is 2.13. The molecule has 0 fully saturated rings. The van der Waals surface area contributed by atoms with Gasteiger partial charge >= 0.3 is 0 Å². The Morgan fingerprint density at radius 2 is 2.05 bits per heavy atom. The molecule has 0 saturated heterocycles. The molecular formula is C14H10IN3O. The second kappa shape index (κ2) is 5.08. The number of rotatable bonds is 2. The Bertz CT molecular complexity index is 798. The minimum atomic E-state index is -0.0243. The van der Waals surface area contributed by atoms with Gasteiger partial charge in [0.2, 0.25) is 0 Å². The van der Waals surface area contributed by atoms with Gasteiger partial charge in [0.25, 0.3) is 5.56 Å². The summed E-state index contributed by atoms with van der Waals surface area (Å²) in [7, 11) is 0. The van der Waals surface area contributed by atoms with Crippen LogP contribution in [0.1, 0.15) is 5.56 Å². The Morgan fingerprint density at radius 3 is 2.95 bits per heavy atom. The van der Waals surface area contributed by atoms with Crippen molar-refractivity contribution in [2.45, 2.75) is 6.54 Å². The fourth-order valence-electron chi connectivity index (χ4n) is 1.94. The molecule has 1 aromatic carbocycles. The van der Waals surface area contributed by atoms with Crippen molar-refractivity contribution < 1.29 is 0 Å². The monoisotopic (exact) mass is 363 g/mol. The molecule has 3 rings (SSSR count). The van der Waals surface area contributed by atoms with E-state index in [1.54, 1.807) is 23.3 Å². The molecule has 0 aliphatic rings. The maximum Gasteiger partial charge on any atom is 0.267 e. The molecule has 5 heteroatoms. The summed E-state index contributed by atoms with van der Waals surface area (Å²) in [5.74, 6) is 0. The van der Waals surface area contributed by atoms with E-state index in [2.05, 4.69) is 16.0 Å². The van der Waals surface area contributed by atoms with E-state index in [1.165, 1.54) is 0 Å². The summed E-state index contributed by atoms with van der Waals surface area (Å²) in [4.78, 5) is 20.4. The second-order valence-corrected chi connectivity index (χ2v) is 5.37. The number of aromatic nitrogens is 3. The third-order valence-electron chi connectivity index (χ3n) is 2.86. The average Bonchev–Trinajstić information content (AvgIpc) is 2.44. The minimum Gasteiger partial charge on any atom is -0.294 e. The first-order chi connectivity index (χ1) is 9.24. The van der Waals surface area contributed by atoms with Crippen molar-refractivity contribution >= 4 is 33.5 Å². The molecule has 94 valence electrons. The third kappa shape index (κ3) is 2.51. The summed E-state index contributed by atoms with van der Waals surface area (Å²) in [6, 6.07) is 9.98. The number of fused-ring (bicyclic) bond motifs is 1. The fraction of sp³-hybridized carbons (Fsp3) is 0.0714. The van der Waals surface area contributed by atoms with Gasteiger partial charge in [0.1, 0.15) is 0 Å². The van der Waals surface area contributed by atoms with Gasteiger partial charge in [0, 0.05) is 17.8 Å². The molecular weight excluding hydrogens is 353 g/mol. The number of hydrogen-bond donors (Lipinski definition) is 0. The van der Waals surface area contributed by atoms with Crippen LogP contribution >= 0.6 is 22.6 Å². The molecule has 0 amide bonds. The van der Waals surface area contributed by atoms with Crippen LogP contribution < -0.4 is 5.56 Å². The van der Waals surface area contributed by atoms with Gasteiger partial charge in [-0.05, 0) is 40.3 Å². The van der Waals surface area contributed by atoms with Crippen molar-refractivity contribution in [2.24, 2.45) is 0 Å². The predicted octanol–water partition coefficient (Wildman–Crippen LogP) is 2.44. The number of benzene rings is 1. The maximum absolute atomic E-state index is 11.9. The lowest BCUT2D eigenvalue weighted by atomic mass is 10.1. The van der Waals surface area contributed by atoms with Gasteiger partial charge in [0.15, 0.2) is 0 Å². The molecule has 0 radical (unpaired) electrons. The van der Waals surface area contributed by atoms with E-state index in [9.17, 15) is 4.79 Å². The summed E-state index contributed by atoms with van der Waals surface area (Å²) in [5.41, 5.74) is 1.92. The molecule has 2 heterocycles. The van der Waals surface area contributed by atoms with Crippen LogP contribution in [-0.2, 0) is 6.54 Å². The van der Waals surface area contributed by atoms with Crippen molar-refractivity contribution in [1.82, 2.24) is 14.5 Å². The van der Waals surface area contributed by atoms with E-state index in [1.807, 2.05) is 46.9 Å². The average molecular weight is 363 g/mol. The van der Waals surface area contributed by atoms with Gasteiger partial charge in [-0.25, -0.2) is 4.98 Å². The topological polar surface area (TPSA) is 47.8 Å².